The van der Waals surface area contributed by atoms with Gasteiger partial charge in [0.05, 0.1) is 11.5 Å². The van der Waals surface area contributed by atoms with Gasteiger partial charge in [-0.1, -0.05) is 56.9 Å². The average Bonchev–Trinajstić information content (AvgIpc) is 2.74. The van der Waals surface area contributed by atoms with Gasteiger partial charge in [0.25, 0.3) is 5.91 Å². The molecule has 1 aromatic carbocycles. The number of hydrogen-bond donors (Lipinski definition) is 0. The zero-order valence-corrected chi connectivity index (χ0v) is 14.8. The van der Waals surface area contributed by atoms with Crippen molar-refractivity contribution in [3.8, 4) is 5.75 Å². The lowest BCUT2D eigenvalue weighted by Gasteiger charge is -2.12. The highest BCUT2D eigenvalue weighted by Gasteiger charge is 2.31. The Hall–Kier alpha value is -1.33. The van der Waals surface area contributed by atoms with Crippen molar-refractivity contribution in [3.05, 3.63) is 34.7 Å². The molecule has 0 radical (unpaired) electrons. The van der Waals surface area contributed by atoms with Crippen molar-refractivity contribution in [2.45, 2.75) is 27.2 Å². The predicted octanol–water partition coefficient (Wildman–Crippen LogP) is 4.33. The second-order valence-electron chi connectivity index (χ2n) is 5.61. The molecule has 118 valence electrons. The minimum absolute atomic E-state index is 0.0111. The molecular formula is C17H21NO2S2. The molecule has 1 saturated heterocycles. The number of ether oxygens (including phenoxy) is 1. The van der Waals surface area contributed by atoms with Crippen LogP contribution in [0.4, 0.5) is 0 Å². The van der Waals surface area contributed by atoms with E-state index in [0.717, 1.165) is 17.7 Å². The maximum absolute atomic E-state index is 12.3. The van der Waals surface area contributed by atoms with E-state index < -0.39 is 0 Å². The fourth-order valence-corrected chi connectivity index (χ4v) is 3.30. The van der Waals surface area contributed by atoms with Crippen molar-refractivity contribution in [2.75, 3.05) is 13.2 Å². The van der Waals surface area contributed by atoms with Gasteiger partial charge in [0.2, 0.25) is 0 Å². The number of carbonyl (C=O) groups excluding carboxylic acids is 1. The lowest BCUT2D eigenvalue weighted by Crippen LogP contribution is -2.28. The van der Waals surface area contributed by atoms with Crippen LogP contribution < -0.4 is 4.74 Å². The van der Waals surface area contributed by atoms with Gasteiger partial charge in [0.1, 0.15) is 10.1 Å². The smallest absolute Gasteiger partial charge is 0.266 e. The first-order valence-electron chi connectivity index (χ1n) is 7.49. The molecule has 1 amide bonds. The highest BCUT2D eigenvalue weighted by molar-refractivity contribution is 8.26. The Morgan fingerprint density at radius 2 is 2.00 bits per heavy atom. The van der Waals surface area contributed by atoms with Crippen LogP contribution in [0, 0.1) is 5.92 Å². The van der Waals surface area contributed by atoms with Gasteiger partial charge in [-0.3, -0.25) is 9.69 Å². The molecule has 1 aliphatic heterocycles. The third-order valence-electron chi connectivity index (χ3n) is 3.08. The maximum Gasteiger partial charge on any atom is 0.266 e. The molecule has 0 unspecified atom stereocenters. The van der Waals surface area contributed by atoms with Crippen molar-refractivity contribution in [3.63, 3.8) is 0 Å². The summed E-state index contributed by atoms with van der Waals surface area (Å²) in [5.41, 5.74) is 0.980. The third kappa shape index (κ3) is 4.34. The third-order valence-corrected chi connectivity index (χ3v) is 4.46. The van der Waals surface area contributed by atoms with Crippen LogP contribution in [0.15, 0.2) is 29.2 Å². The van der Waals surface area contributed by atoms with Crippen LogP contribution in [0.5, 0.6) is 5.75 Å². The Balaban J connectivity index is 2.06. The van der Waals surface area contributed by atoms with E-state index in [1.54, 1.807) is 4.90 Å². The van der Waals surface area contributed by atoms with E-state index in [-0.39, 0.29) is 5.91 Å². The van der Waals surface area contributed by atoms with E-state index in [0.29, 0.717) is 28.3 Å². The number of amides is 1. The zero-order valence-electron chi connectivity index (χ0n) is 13.2. The van der Waals surface area contributed by atoms with Gasteiger partial charge in [-0.2, -0.15) is 0 Å². The summed E-state index contributed by atoms with van der Waals surface area (Å²) in [4.78, 5) is 14.6. The second kappa shape index (κ2) is 7.79. The standard InChI is InChI=1S/C17H21NO2S2/c1-4-9-18-16(19)15(22-17(18)21)10-13-5-7-14(8-6-13)20-11-12(2)3/h5-8,10,12H,4,9,11H2,1-3H3/b15-10+. The number of carbonyl (C=O) groups is 1. The van der Waals surface area contributed by atoms with E-state index in [4.69, 9.17) is 17.0 Å². The van der Waals surface area contributed by atoms with Crippen molar-refractivity contribution in [1.29, 1.82) is 0 Å². The van der Waals surface area contributed by atoms with Crippen LogP contribution in [0.3, 0.4) is 0 Å². The molecule has 1 fully saturated rings. The molecule has 0 N–H and O–H groups in total. The van der Waals surface area contributed by atoms with Crippen LogP contribution in [0.2, 0.25) is 0 Å². The van der Waals surface area contributed by atoms with Crippen molar-refractivity contribution >= 4 is 40.3 Å². The number of nitrogens with zero attached hydrogens (tertiary/aromatic N) is 1. The van der Waals surface area contributed by atoms with Crippen LogP contribution in [0.1, 0.15) is 32.8 Å². The minimum Gasteiger partial charge on any atom is -0.493 e. The first-order chi connectivity index (χ1) is 10.5. The van der Waals surface area contributed by atoms with Crippen LogP contribution in [-0.2, 0) is 4.79 Å². The van der Waals surface area contributed by atoms with Crippen molar-refractivity contribution in [1.82, 2.24) is 4.90 Å². The Bertz CT molecular complexity index is 579. The van der Waals surface area contributed by atoms with Gasteiger partial charge in [0.15, 0.2) is 0 Å². The molecule has 1 heterocycles. The first-order valence-corrected chi connectivity index (χ1v) is 8.72. The highest BCUT2D eigenvalue weighted by Crippen LogP contribution is 2.32. The summed E-state index contributed by atoms with van der Waals surface area (Å²) in [5, 5.41) is 0. The van der Waals surface area contributed by atoms with E-state index in [9.17, 15) is 4.79 Å². The van der Waals surface area contributed by atoms with Gasteiger partial charge in [-0.15, -0.1) is 0 Å². The number of hydrogen-bond acceptors (Lipinski definition) is 4. The van der Waals surface area contributed by atoms with E-state index in [1.165, 1.54) is 11.8 Å². The largest absolute Gasteiger partial charge is 0.493 e. The number of benzene rings is 1. The quantitative estimate of drug-likeness (QED) is 0.571. The second-order valence-corrected chi connectivity index (χ2v) is 7.28. The van der Waals surface area contributed by atoms with E-state index in [1.807, 2.05) is 37.3 Å². The van der Waals surface area contributed by atoms with Gasteiger partial charge < -0.3 is 4.74 Å². The number of thiocarbonyl (C=S) groups is 1. The Morgan fingerprint density at radius 3 is 2.59 bits per heavy atom. The molecular weight excluding hydrogens is 314 g/mol. The molecule has 1 aromatic rings. The molecule has 0 bridgehead atoms. The summed E-state index contributed by atoms with van der Waals surface area (Å²) >= 11 is 6.64. The van der Waals surface area contributed by atoms with Gasteiger partial charge in [0, 0.05) is 6.54 Å². The summed E-state index contributed by atoms with van der Waals surface area (Å²) in [5.74, 6) is 1.36. The fourth-order valence-electron chi connectivity index (χ4n) is 1.99. The summed E-state index contributed by atoms with van der Waals surface area (Å²) < 4.78 is 6.31. The summed E-state index contributed by atoms with van der Waals surface area (Å²) in [6, 6.07) is 7.78. The zero-order chi connectivity index (χ0) is 16.1. The van der Waals surface area contributed by atoms with Crippen molar-refractivity contribution < 1.29 is 9.53 Å². The molecule has 1 aliphatic rings. The summed E-state index contributed by atoms with van der Waals surface area (Å²) in [6.07, 6.45) is 2.79. The Labute approximate surface area is 141 Å². The normalized spacial score (nSPS) is 16.9. The van der Waals surface area contributed by atoms with E-state index >= 15 is 0 Å². The minimum atomic E-state index is 0.0111. The first kappa shape index (κ1) is 17.0. The highest BCUT2D eigenvalue weighted by atomic mass is 32.2. The molecule has 0 spiro atoms. The molecule has 0 saturated carbocycles. The van der Waals surface area contributed by atoms with Crippen LogP contribution in [-0.4, -0.2) is 28.3 Å². The fraction of sp³-hybridized carbons (Fsp3) is 0.412. The molecule has 0 aromatic heterocycles. The lowest BCUT2D eigenvalue weighted by atomic mass is 10.2. The summed E-state index contributed by atoms with van der Waals surface area (Å²) in [6.45, 7) is 7.66. The van der Waals surface area contributed by atoms with Crippen LogP contribution >= 0.6 is 24.0 Å². The molecule has 22 heavy (non-hydrogen) atoms. The van der Waals surface area contributed by atoms with Gasteiger partial charge >= 0.3 is 0 Å². The van der Waals surface area contributed by atoms with Crippen molar-refractivity contribution in [2.24, 2.45) is 5.92 Å². The SMILES string of the molecule is CCCN1C(=O)/C(=C\c2ccc(OCC(C)C)cc2)SC1=S. The summed E-state index contributed by atoms with van der Waals surface area (Å²) in [7, 11) is 0. The molecule has 0 atom stereocenters. The van der Waals surface area contributed by atoms with Gasteiger partial charge in [-0.05, 0) is 36.1 Å². The van der Waals surface area contributed by atoms with E-state index in [2.05, 4.69) is 13.8 Å². The van der Waals surface area contributed by atoms with Crippen LogP contribution in [0.25, 0.3) is 6.08 Å². The number of thioether (sulfide) groups is 1. The average molecular weight is 335 g/mol. The molecule has 5 heteroatoms. The Morgan fingerprint density at radius 1 is 1.32 bits per heavy atom. The predicted molar refractivity (Wildman–Crippen MR) is 96.9 cm³/mol. The topological polar surface area (TPSA) is 29.5 Å². The maximum atomic E-state index is 12.3. The lowest BCUT2D eigenvalue weighted by molar-refractivity contribution is -0.122. The monoisotopic (exact) mass is 335 g/mol. The number of rotatable bonds is 6. The Kier molecular flexibility index (Phi) is 6.03. The van der Waals surface area contributed by atoms with Gasteiger partial charge in [-0.25, -0.2) is 0 Å². The molecule has 3 nitrogen and oxygen atoms in total. The molecule has 0 aliphatic carbocycles. The molecule has 2 rings (SSSR count).